The Bertz CT molecular complexity index is 1400. The average Bonchev–Trinajstić information content (AvgIpc) is 3.41. The fraction of sp³-hybridized carbons (Fsp3) is 0.400. The summed E-state index contributed by atoms with van der Waals surface area (Å²) in [5, 5.41) is 5.15. The van der Waals surface area contributed by atoms with Crippen molar-refractivity contribution in [2.45, 2.75) is 71.9 Å². The van der Waals surface area contributed by atoms with Gasteiger partial charge in [0.2, 0.25) is 0 Å². The van der Waals surface area contributed by atoms with Crippen LogP contribution in [-0.4, -0.2) is 27.7 Å². The summed E-state index contributed by atoms with van der Waals surface area (Å²) in [4.78, 5) is 7.89. The highest BCUT2D eigenvalue weighted by atomic mass is 16.5. The molecule has 4 aromatic rings. The van der Waals surface area contributed by atoms with Crippen LogP contribution in [0.15, 0.2) is 42.5 Å². The van der Waals surface area contributed by atoms with Crippen LogP contribution in [0.4, 0.5) is 5.82 Å². The lowest BCUT2D eigenvalue weighted by atomic mass is 9.90. The Kier molecular flexibility index (Phi) is 5.51. The first kappa shape index (κ1) is 22.1. The Hall–Kier alpha value is -3.34. The van der Waals surface area contributed by atoms with Gasteiger partial charge in [0.1, 0.15) is 11.6 Å². The predicted octanol–water partition coefficient (Wildman–Crippen LogP) is 6.38. The second-order valence-electron chi connectivity index (χ2n) is 10.3. The van der Waals surface area contributed by atoms with Crippen LogP contribution < -0.4 is 9.64 Å². The molecule has 5 heteroatoms. The molecule has 2 aliphatic rings. The van der Waals surface area contributed by atoms with Crippen LogP contribution in [-0.2, 0) is 19.4 Å². The van der Waals surface area contributed by atoms with Crippen LogP contribution in [0.25, 0.3) is 16.8 Å². The van der Waals surface area contributed by atoms with Gasteiger partial charge in [0, 0.05) is 29.4 Å². The lowest BCUT2D eigenvalue weighted by Crippen LogP contribution is -2.41. The fourth-order valence-corrected chi connectivity index (χ4v) is 5.73. The second kappa shape index (κ2) is 8.71. The quantitative estimate of drug-likeness (QED) is 0.331. The molecule has 0 amide bonds. The van der Waals surface area contributed by atoms with Crippen LogP contribution in [0.1, 0.15) is 59.3 Å². The molecule has 2 aliphatic carbocycles. The normalized spacial score (nSPS) is 15.3. The van der Waals surface area contributed by atoms with E-state index in [4.69, 9.17) is 14.8 Å². The highest BCUT2D eigenvalue weighted by Gasteiger charge is 2.33. The first-order chi connectivity index (χ1) is 17.0. The molecule has 35 heavy (non-hydrogen) atoms. The van der Waals surface area contributed by atoms with E-state index in [1.54, 1.807) is 7.11 Å². The highest BCUT2D eigenvalue weighted by Crippen LogP contribution is 2.40. The SMILES string of the molecule is COc1ccc(-c2c(C)nn3c(N(Cc4ccc(C)cc4)C4CCC4)c4c(nc23)CCC4)c(C)c1. The zero-order valence-electron chi connectivity index (χ0n) is 21.3. The first-order valence-electron chi connectivity index (χ1n) is 12.9. The third-order valence-electron chi connectivity index (χ3n) is 7.90. The number of aryl methyl sites for hydroxylation is 4. The Balaban J connectivity index is 1.55. The van der Waals surface area contributed by atoms with E-state index in [1.165, 1.54) is 65.0 Å². The molecule has 5 nitrogen and oxygen atoms in total. The monoisotopic (exact) mass is 466 g/mol. The molecular formula is C30H34N4O. The van der Waals surface area contributed by atoms with Crippen molar-refractivity contribution in [2.24, 2.45) is 0 Å². The topological polar surface area (TPSA) is 42.7 Å². The van der Waals surface area contributed by atoms with E-state index in [-0.39, 0.29) is 0 Å². The van der Waals surface area contributed by atoms with Gasteiger partial charge >= 0.3 is 0 Å². The maximum Gasteiger partial charge on any atom is 0.165 e. The number of anilines is 1. The fourth-order valence-electron chi connectivity index (χ4n) is 5.73. The zero-order valence-corrected chi connectivity index (χ0v) is 21.3. The smallest absolute Gasteiger partial charge is 0.165 e. The van der Waals surface area contributed by atoms with Crippen LogP contribution in [0, 0.1) is 20.8 Å². The lowest BCUT2D eigenvalue weighted by molar-refractivity contribution is 0.380. The number of nitrogens with zero attached hydrogens (tertiary/aromatic N) is 4. The van der Waals surface area contributed by atoms with E-state index < -0.39 is 0 Å². The molecule has 0 N–H and O–H groups in total. The molecule has 0 saturated heterocycles. The molecule has 2 heterocycles. The molecular weight excluding hydrogens is 432 g/mol. The van der Waals surface area contributed by atoms with E-state index in [0.717, 1.165) is 42.0 Å². The Morgan fingerprint density at radius 1 is 1.00 bits per heavy atom. The number of fused-ring (bicyclic) bond motifs is 2. The third-order valence-corrected chi connectivity index (χ3v) is 7.90. The minimum absolute atomic E-state index is 0.558. The Morgan fingerprint density at radius 2 is 1.80 bits per heavy atom. The molecule has 0 atom stereocenters. The number of hydrogen-bond acceptors (Lipinski definition) is 4. The third kappa shape index (κ3) is 3.78. The highest BCUT2D eigenvalue weighted by molar-refractivity contribution is 5.83. The molecule has 2 aromatic heterocycles. The van der Waals surface area contributed by atoms with E-state index in [2.05, 4.69) is 66.6 Å². The summed E-state index contributed by atoms with van der Waals surface area (Å²) in [6, 6.07) is 15.9. The molecule has 0 unspecified atom stereocenters. The van der Waals surface area contributed by atoms with E-state index in [0.29, 0.717) is 6.04 Å². The van der Waals surface area contributed by atoms with Crippen molar-refractivity contribution in [3.05, 3.63) is 76.1 Å². The molecule has 0 bridgehead atoms. The van der Waals surface area contributed by atoms with Gasteiger partial charge in [0.15, 0.2) is 5.65 Å². The van der Waals surface area contributed by atoms with E-state index in [1.807, 2.05) is 6.07 Å². The molecule has 2 aromatic carbocycles. The summed E-state index contributed by atoms with van der Waals surface area (Å²) in [5.74, 6) is 2.15. The summed E-state index contributed by atoms with van der Waals surface area (Å²) in [6.45, 7) is 7.33. The maximum absolute atomic E-state index is 5.46. The van der Waals surface area contributed by atoms with E-state index >= 15 is 0 Å². The molecule has 1 saturated carbocycles. The van der Waals surface area contributed by atoms with Gasteiger partial charge in [0.05, 0.1) is 12.8 Å². The summed E-state index contributed by atoms with van der Waals surface area (Å²) >= 11 is 0. The number of benzene rings is 2. The van der Waals surface area contributed by atoms with Gasteiger partial charge in [-0.3, -0.25) is 0 Å². The molecule has 0 spiro atoms. The summed E-state index contributed by atoms with van der Waals surface area (Å²) < 4.78 is 7.63. The number of rotatable bonds is 6. The van der Waals surface area contributed by atoms with Crippen LogP contribution in [0.3, 0.4) is 0 Å². The molecule has 0 aliphatic heterocycles. The van der Waals surface area contributed by atoms with Crippen molar-refractivity contribution in [1.82, 2.24) is 14.6 Å². The minimum atomic E-state index is 0.558. The van der Waals surface area contributed by atoms with Gasteiger partial charge in [-0.2, -0.15) is 9.61 Å². The summed E-state index contributed by atoms with van der Waals surface area (Å²) in [5.41, 5.74) is 10.8. The number of hydrogen-bond donors (Lipinski definition) is 0. The van der Waals surface area contributed by atoms with Gasteiger partial charge in [-0.05, 0) is 88.1 Å². The summed E-state index contributed by atoms with van der Waals surface area (Å²) in [7, 11) is 1.72. The minimum Gasteiger partial charge on any atom is -0.497 e. The van der Waals surface area contributed by atoms with E-state index in [9.17, 15) is 0 Å². The van der Waals surface area contributed by atoms with Gasteiger partial charge in [-0.1, -0.05) is 35.9 Å². The van der Waals surface area contributed by atoms with Gasteiger partial charge in [0.25, 0.3) is 0 Å². The van der Waals surface area contributed by atoms with Crippen molar-refractivity contribution < 1.29 is 4.74 Å². The Labute approximate surface area is 207 Å². The largest absolute Gasteiger partial charge is 0.497 e. The molecule has 180 valence electrons. The maximum atomic E-state index is 5.46. The van der Waals surface area contributed by atoms with Crippen LogP contribution >= 0.6 is 0 Å². The molecule has 0 radical (unpaired) electrons. The van der Waals surface area contributed by atoms with Crippen LogP contribution in [0.5, 0.6) is 5.75 Å². The second-order valence-corrected chi connectivity index (χ2v) is 10.3. The van der Waals surface area contributed by atoms with Crippen molar-refractivity contribution in [3.63, 3.8) is 0 Å². The zero-order chi connectivity index (χ0) is 24.1. The van der Waals surface area contributed by atoms with Gasteiger partial charge in [-0.25, -0.2) is 4.98 Å². The predicted molar refractivity (Wildman–Crippen MR) is 141 cm³/mol. The number of methoxy groups -OCH3 is 1. The van der Waals surface area contributed by atoms with Crippen LogP contribution in [0.2, 0.25) is 0 Å². The number of aromatic nitrogens is 3. The summed E-state index contributed by atoms with van der Waals surface area (Å²) in [6.07, 6.45) is 7.10. The lowest BCUT2D eigenvalue weighted by Gasteiger charge is -2.40. The average molecular weight is 467 g/mol. The molecule has 1 fully saturated rings. The van der Waals surface area contributed by atoms with Crippen molar-refractivity contribution in [2.75, 3.05) is 12.0 Å². The number of ether oxygens (including phenoxy) is 1. The van der Waals surface area contributed by atoms with Gasteiger partial charge in [-0.15, -0.1) is 0 Å². The van der Waals surface area contributed by atoms with Crippen molar-refractivity contribution in [1.29, 1.82) is 0 Å². The van der Waals surface area contributed by atoms with Crippen molar-refractivity contribution in [3.8, 4) is 16.9 Å². The first-order valence-corrected chi connectivity index (χ1v) is 12.9. The molecule has 6 rings (SSSR count). The Morgan fingerprint density at radius 3 is 2.49 bits per heavy atom. The standard InChI is InChI=1S/C30H34N4O/c1-19-11-13-22(14-12-19)18-33(23-7-5-8-23)30-26-9-6-10-27(26)31-29-28(21(3)32-34(29)30)25-16-15-24(35-4)17-20(25)2/h11-17,23H,5-10,18H2,1-4H3. The van der Waals surface area contributed by atoms with Gasteiger partial charge < -0.3 is 9.64 Å². The van der Waals surface area contributed by atoms with Crippen molar-refractivity contribution >= 4 is 11.5 Å².